The average Bonchev–Trinajstić information content (AvgIpc) is 2.95. The second kappa shape index (κ2) is 5.34. The lowest BCUT2D eigenvalue weighted by atomic mass is 10.2. The number of nitrogens with zero attached hydrogens (tertiary/aromatic N) is 3. The van der Waals surface area contributed by atoms with Crippen molar-refractivity contribution in [3.05, 3.63) is 54.1 Å². The van der Waals surface area contributed by atoms with Crippen molar-refractivity contribution in [2.75, 3.05) is 6.26 Å². The first-order chi connectivity index (χ1) is 10.1. The molecule has 21 heavy (non-hydrogen) atoms. The third kappa shape index (κ3) is 2.84. The van der Waals surface area contributed by atoms with Gasteiger partial charge >= 0.3 is 0 Å². The summed E-state index contributed by atoms with van der Waals surface area (Å²) >= 11 is 1.21. The molecule has 0 aliphatic rings. The summed E-state index contributed by atoms with van der Waals surface area (Å²) in [5.41, 5.74) is 1.12. The van der Waals surface area contributed by atoms with Gasteiger partial charge in [-0.3, -0.25) is 4.79 Å². The number of benzene rings is 2. The number of aromatic nitrogens is 2. The van der Waals surface area contributed by atoms with Gasteiger partial charge in [-0.15, -0.1) is 5.10 Å². The van der Waals surface area contributed by atoms with E-state index in [1.807, 2.05) is 6.07 Å². The predicted molar refractivity (Wildman–Crippen MR) is 82.9 cm³/mol. The normalized spacial score (nSPS) is 13.8. The number of rotatable bonds is 2. The van der Waals surface area contributed by atoms with Gasteiger partial charge in [0.05, 0.1) is 14.4 Å². The van der Waals surface area contributed by atoms with E-state index in [0.29, 0.717) is 10.5 Å². The third-order valence-corrected chi connectivity index (χ3v) is 5.28. The number of carbonyl (C=O) groups is 1. The van der Waals surface area contributed by atoms with Crippen molar-refractivity contribution >= 4 is 37.4 Å². The molecule has 1 heterocycles. The minimum atomic E-state index is -2.75. The first-order valence-corrected chi connectivity index (χ1v) is 8.79. The van der Waals surface area contributed by atoms with E-state index in [2.05, 4.69) is 13.9 Å². The van der Waals surface area contributed by atoms with E-state index in [9.17, 15) is 9.00 Å². The van der Waals surface area contributed by atoms with Crippen LogP contribution < -0.4 is 0 Å². The maximum absolute atomic E-state index is 12.6. The molecule has 2 aromatic carbocycles. The molecule has 0 fully saturated rings. The van der Waals surface area contributed by atoms with Crippen LogP contribution in [-0.2, 0) is 9.73 Å². The van der Waals surface area contributed by atoms with Crippen LogP contribution in [0.5, 0.6) is 0 Å². The van der Waals surface area contributed by atoms with Crippen LogP contribution in [0.2, 0.25) is 0 Å². The predicted octanol–water partition coefficient (Wildman–Crippen LogP) is 2.99. The van der Waals surface area contributed by atoms with Crippen molar-refractivity contribution in [1.82, 2.24) is 9.59 Å². The summed E-state index contributed by atoms with van der Waals surface area (Å²) < 4.78 is 21.1. The van der Waals surface area contributed by atoms with Crippen LogP contribution in [0.3, 0.4) is 0 Å². The SMILES string of the molecule is C[S@@](=O)(=NC(=O)c1ccc2nnsc2c1)c1ccccc1. The fourth-order valence-corrected chi connectivity index (χ4v) is 3.64. The van der Waals surface area contributed by atoms with Gasteiger partial charge in [0.25, 0.3) is 5.91 Å². The van der Waals surface area contributed by atoms with E-state index in [1.54, 1.807) is 42.5 Å². The average molecular weight is 317 g/mol. The summed E-state index contributed by atoms with van der Waals surface area (Å²) in [7, 11) is -2.75. The van der Waals surface area contributed by atoms with Crippen LogP contribution in [0.4, 0.5) is 0 Å². The minimum Gasteiger partial charge on any atom is -0.266 e. The van der Waals surface area contributed by atoms with Gasteiger partial charge in [-0.2, -0.15) is 4.36 Å². The zero-order valence-electron chi connectivity index (χ0n) is 11.1. The molecule has 3 aromatic rings. The van der Waals surface area contributed by atoms with Gasteiger partial charge in [-0.1, -0.05) is 22.7 Å². The molecule has 0 radical (unpaired) electrons. The highest BCUT2D eigenvalue weighted by Crippen LogP contribution is 2.19. The second-order valence-electron chi connectivity index (χ2n) is 4.47. The van der Waals surface area contributed by atoms with Crippen molar-refractivity contribution in [2.45, 2.75) is 4.90 Å². The van der Waals surface area contributed by atoms with Crippen molar-refractivity contribution < 1.29 is 9.00 Å². The Labute approximate surface area is 126 Å². The molecular formula is C14H11N3O2S2. The smallest absolute Gasteiger partial charge is 0.266 e. The lowest BCUT2D eigenvalue weighted by molar-refractivity contribution is 0.100. The molecule has 1 aromatic heterocycles. The minimum absolute atomic E-state index is 0.388. The number of fused-ring (bicyclic) bond motifs is 1. The second-order valence-corrected chi connectivity index (χ2v) is 7.51. The Kier molecular flexibility index (Phi) is 3.52. The largest absolute Gasteiger partial charge is 0.285 e. The molecule has 1 amide bonds. The van der Waals surface area contributed by atoms with Crippen molar-refractivity contribution in [3.8, 4) is 0 Å². The summed E-state index contributed by atoms with van der Waals surface area (Å²) in [4.78, 5) is 12.8. The molecule has 0 aliphatic heterocycles. The molecule has 0 spiro atoms. The summed E-state index contributed by atoms with van der Waals surface area (Å²) in [6, 6.07) is 13.8. The maximum atomic E-state index is 12.6. The Morgan fingerprint density at radius 3 is 2.71 bits per heavy atom. The first kappa shape index (κ1) is 13.8. The Balaban J connectivity index is 2.02. The number of hydrogen-bond donors (Lipinski definition) is 0. The summed E-state index contributed by atoms with van der Waals surface area (Å²) in [5.74, 6) is -0.498. The standard InChI is InChI=1S/C14H11N3O2S2/c1-21(19,11-5-3-2-4-6-11)16-14(18)10-7-8-12-13(9-10)20-17-15-12/h2-9H,1H3/t21-/m0/s1. The molecule has 1 atom stereocenters. The Bertz CT molecular complexity index is 926. The molecule has 0 saturated carbocycles. The zero-order valence-corrected chi connectivity index (χ0v) is 12.7. The van der Waals surface area contributed by atoms with Crippen LogP contribution in [0.1, 0.15) is 10.4 Å². The molecule has 3 rings (SSSR count). The van der Waals surface area contributed by atoms with Crippen molar-refractivity contribution in [1.29, 1.82) is 0 Å². The van der Waals surface area contributed by atoms with E-state index in [1.165, 1.54) is 17.8 Å². The Morgan fingerprint density at radius 1 is 1.19 bits per heavy atom. The molecule has 5 nitrogen and oxygen atoms in total. The van der Waals surface area contributed by atoms with Crippen LogP contribution in [0.15, 0.2) is 57.8 Å². The van der Waals surface area contributed by atoms with Gasteiger partial charge in [0.15, 0.2) is 0 Å². The molecule has 0 aliphatic carbocycles. The van der Waals surface area contributed by atoms with E-state index in [-0.39, 0.29) is 0 Å². The van der Waals surface area contributed by atoms with Crippen molar-refractivity contribution in [2.24, 2.45) is 4.36 Å². The van der Waals surface area contributed by atoms with Crippen molar-refractivity contribution in [3.63, 3.8) is 0 Å². The van der Waals surface area contributed by atoms with Gasteiger partial charge in [-0.25, -0.2) is 4.21 Å². The van der Waals surface area contributed by atoms with E-state index in [4.69, 9.17) is 0 Å². The lowest BCUT2D eigenvalue weighted by Crippen LogP contribution is -2.03. The molecule has 7 heteroatoms. The van der Waals surface area contributed by atoms with Gasteiger partial charge in [0.1, 0.15) is 5.52 Å². The number of amides is 1. The summed E-state index contributed by atoms with van der Waals surface area (Å²) in [6.45, 7) is 0. The van der Waals surface area contributed by atoms with Gasteiger partial charge in [0, 0.05) is 16.7 Å². The quantitative estimate of drug-likeness (QED) is 0.728. The van der Waals surface area contributed by atoms with Crippen LogP contribution in [0.25, 0.3) is 10.2 Å². The molecule has 0 bridgehead atoms. The molecule has 106 valence electrons. The van der Waals surface area contributed by atoms with E-state index in [0.717, 1.165) is 10.2 Å². The Morgan fingerprint density at radius 2 is 1.95 bits per heavy atom. The monoisotopic (exact) mass is 317 g/mol. The number of carbonyl (C=O) groups excluding carboxylic acids is 1. The highest BCUT2D eigenvalue weighted by molar-refractivity contribution is 7.93. The van der Waals surface area contributed by atoms with Gasteiger partial charge < -0.3 is 0 Å². The molecular weight excluding hydrogens is 306 g/mol. The topological polar surface area (TPSA) is 72.3 Å². The fraction of sp³-hybridized carbons (Fsp3) is 0.0714. The van der Waals surface area contributed by atoms with Crippen LogP contribution in [-0.4, -0.2) is 26.0 Å². The van der Waals surface area contributed by atoms with E-state index >= 15 is 0 Å². The van der Waals surface area contributed by atoms with Gasteiger partial charge in [0.2, 0.25) is 0 Å². The first-order valence-electron chi connectivity index (χ1n) is 6.10. The highest BCUT2D eigenvalue weighted by atomic mass is 32.2. The summed E-state index contributed by atoms with van der Waals surface area (Å²) in [6.07, 6.45) is 1.47. The van der Waals surface area contributed by atoms with Crippen LogP contribution >= 0.6 is 11.5 Å². The lowest BCUT2D eigenvalue weighted by Gasteiger charge is -2.03. The van der Waals surface area contributed by atoms with Gasteiger partial charge in [-0.05, 0) is 41.9 Å². The third-order valence-electron chi connectivity index (χ3n) is 2.93. The Hall–Kier alpha value is -2.12. The van der Waals surface area contributed by atoms with E-state index < -0.39 is 15.6 Å². The summed E-state index contributed by atoms with van der Waals surface area (Å²) in [5, 5.41) is 3.91. The van der Waals surface area contributed by atoms with Crippen LogP contribution in [0, 0.1) is 0 Å². The molecule has 0 saturated heterocycles. The number of hydrogen-bond acceptors (Lipinski definition) is 5. The highest BCUT2D eigenvalue weighted by Gasteiger charge is 2.12. The zero-order chi connectivity index (χ0) is 14.9. The maximum Gasteiger partial charge on any atom is 0.285 e. The molecule has 0 N–H and O–H groups in total. The molecule has 0 unspecified atom stereocenters. The fourth-order valence-electron chi connectivity index (χ4n) is 1.85.